The molecule has 0 bridgehead atoms. The Kier molecular flexibility index (Phi) is 6.40. The molecule has 0 aliphatic heterocycles. The van der Waals surface area contributed by atoms with E-state index in [0.29, 0.717) is 0 Å². The Morgan fingerprint density at radius 2 is 2.12 bits per heavy atom. The van der Waals surface area contributed by atoms with Gasteiger partial charge in [0.25, 0.3) is 0 Å². The second-order valence-corrected chi connectivity index (χ2v) is 5.22. The molecule has 0 radical (unpaired) electrons. The number of aliphatic hydroxyl groups is 1. The maximum Gasteiger partial charge on any atom is 0.132 e. The molecule has 0 amide bonds. The lowest BCUT2D eigenvalue weighted by Gasteiger charge is -2.21. The Hall–Kier alpha value is -0.710. The van der Waals surface area contributed by atoms with Crippen molar-refractivity contribution in [1.29, 1.82) is 0 Å². The van der Waals surface area contributed by atoms with Crippen LogP contribution in [0, 0.1) is 0 Å². The molecule has 1 aromatic carbocycles. The summed E-state index contributed by atoms with van der Waals surface area (Å²) in [5.41, 5.74) is 6.06. The molecule has 3 N–H and O–H groups in total. The topological polar surface area (TPSA) is 55.5 Å². The second kappa shape index (κ2) is 7.58. The van der Waals surface area contributed by atoms with Crippen molar-refractivity contribution < 1.29 is 9.84 Å². The highest BCUT2D eigenvalue weighted by molar-refractivity contribution is 8.00. The van der Waals surface area contributed by atoms with Crippen LogP contribution in [0.25, 0.3) is 0 Å². The van der Waals surface area contributed by atoms with Crippen molar-refractivity contribution in [3.8, 4) is 5.75 Å². The summed E-state index contributed by atoms with van der Waals surface area (Å²) in [5.74, 6) is 0.833. The second-order valence-electron chi connectivity index (χ2n) is 3.94. The molecule has 1 rings (SSSR count). The summed E-state index contributed by atoms with van der Waals surface area (Å²) in [6.45, 7) is 2.19. The van der Waals surface area contributed by atoms with E-state index < -0.39 is 0 Å². The van der Waals surface area contributed by atoms with Crippen LogP contribution in [0.2, 0.25) is 0 Å². The third-order valence-electron chi connectivity index (χ3n) is 2.63. The van der Waals surface area contributed by atoms with E-state index in [1.54, 1.807) is 18.9 Å². The number of thioether (sulfide) groups is 1. The van der Waals surface area contributed by atoms with Crippen molar-refractivity contribution in [1.82, 2.24) is 0 Å². The number of hydrogen-bond donors (Lipinski definition) is 2. The van der Waals surface area contributed by atoms with E-state index in [0.717, 1.165) is 23.5 Å². The van der Waals surface area contributed by atoms with Crippen LogP contribution in [0.5, 0.6) is 5.75 Å². The van der Waals surface area contributed by atoms with Gasteiger partial charge in [-0.15, -0.1) is 11.8 Å². The predicted molar refractivity (Wildman–Crippen MR) is 72.6 cm³/mol. The van der Waals surface area contributed by atoms with E-state index in [2.05, 4.69) is 6.92 Å². The van der Waals surface area contributed by atoms with Gasteiger partial charge in [0.1, 0.15) is 5.75 Å². The minimum atomic E-state index is 0.0138. The van der Waals surface area contributed by atoms with E-state index in [1.165, 1.54) is 0 Å². The standard InChI is InChI=1S/C13H21NO2S/c1-3-6-10(14)13(9-15)17-12-8-5-4-7-11(12)16-2/h4-5,7-8,10,13,15H,3,6,9,14H2,1-2H3. The maximum absolute atomic E-state index is 9.41. The highest BCUT2D eigenvalue weighted by atomic mass is 32.2. The van der Waals surface area contributed by atoms with Gasteiger partial charge in [-0.05, 0) is 18.6 Å². The van der Waals surface area contributed by atoms with Crippen LogP contribution in [0.15, 0.2) is 29.2 Å². The number of aliphatic hydroxyl groups excluding tert-OH is 1. The Labute approximate surface area is 107 Å². The van der Waals surface area contributed by atoms with Crippen LogP contribution in [0.1, 0.15) is 19.8 Å². The zero-order valence-corrected chi connectivity index (χ0v) is 11.2. The van der Waals surface area contributed by atoms with Crippen molar-refractivity contribution in [2.75, 3.05) is 13.7 Å². The Morgan fingerprint density at radius 3 is 2.71 bits per heavy atom. The summed E-state index contributed by atoms with van der Waals surface area (Å²) in [6.07, 6.45) is 1.96. The van der Waals surface area contributed by atoms with Gasteiger partial charge < -0.3 is 15.6 Å². The molecule has 96 valence electrons. The third kappa shape index (κ3) is 4.22. The third-order valence-corrected chi connectivity index (χ3v) is 4.02. The Balaban J connectivity index is 2.73. The van der Waals surface area contributed by atoms with Crippen LogP contribution in [-0.4, -0.2) is 30.1 Å². The zero-order valence-electron chi connectivity index (χ0n) is 10.4. The monoisotopic (exact) mass is 255 g/mol. The number of benzene rings is 1. The fraction of sp³-hybridized carbons (Fsp3) is 0.538. The molecule has 0 saturated heterocycles. The molecule has 0 aliphatic carbocycles. The summed E-state index contributed by atoms with van der Waals surface area (Å²) < 4.78 is 5.29. The van der Waals surface area contributed by atoms with Crippen molar-refractivity contribution in [2.24, 2.45) is 5.73 Å². The highest BCUT2D eigenvalue weighted by Crippen LogP contribution is 2.33. The van der Waals surface area contributed by atoms with Crippen LogP contribution >= 0.6 is 11.8 Å². The van der Waals surface area contributed by atoms with Crippen molar-refractivity contribution in [3.05, 3.63) is 24.3 Å². The number of ether oxygens (including phenoxy) is 1. The lowest BCUT2D eigenvalue weighted by molar-refractivity contribution is 0.279. The molecule has 0 heterocycles. The quantitative estimate of drug-likeness (QED) is 0.734. The van der Waals surface area contributed by atoms with Gasteiger partial charge in [0.05, 0.1) is 13.7 Å². The number of methoxy groups -OCH3 is 1. The summed E-state index contributed by atoms with van der Waals surface area (Å²) in [6, 6.07) is 7.82. The van der Waals surface area contributed by atoms with Gasteiger partial charge in [-0.1, -0.05) is 25.5 Å². The number of hydrogen-bond acceptors (Lipinski definition) is 4. The molecule has 4 heteroatoms. The molecule has 2 unspecified atom stereocenters. The van der Waals surface area contributed by atoms with Crippen molar-refractivity contribution >= 4 is 11.8 Å². The van der Waals surface area contributed by atoms with Gasteiger partial charge in [0, 0.05) is 16.2 Å². The van der Waals surface area contributed by atoms with Gasteiger partial charge in [-0.25, -0.2) is 0 Å². The normalized spacial score (nSPS) is 14.4. The summed E-state index contributed by atoms with van der Waals surface area (Å²) in [4.78, 5) is 1.03. The fourth-order valence-corrected chi connectivity index (χ4v) is 2.79. The molecule has 0 spiro atoms. The molecule has 1 aromatic rings. The molecule has 0 aliphatic rings. The fourth-order valence-electron chi connectivity index (χ4n) is 1.66. The number of nitrogens with two attached hydrogens (primary N) is 1. The van der Waals surface area contributed by atoms with Crippen LogP contribution < -0.4 is 10.5 Å². The van der Waals surface area contributed by atoms with Crippen LogP contribution in [0.3, 0.4) is 0 Å². The average molecular weight is 255 g/mol. The average Bonchev–Trinajstić information content (AvgIpc) is 2.36. The number of para-hydroxylation sites is 1. The molecule has 0 aromatic heterocycles. The minimum Gasteiger partial charge on any atom is -0.496 e. The molecular weight excluding hydrogens is 234 g/mol. The largest absolute Gasteiger partial charge is 0.496 e. The molecule has 0 fully saturated rings. The summed E-state index contributed by atoms with van der Waals surface area (Å²) in [5, 5.41) is 9.43. The van der Waals surface area contributed by atoms with Gasteiger partial charge in [0.15, 0.2) is 0 Å². The Bertz CT molecular complexity index is 333. The van der Waals surface area contributed by atoms with Crippen LogP contribution in [-0.2, 0) is 0 Å². The van der Waals surface area contributed by atoms with E-state index in [4.69, 9.17) is 10.5 Å². The first-order valence-electron chi connectivity index (χ1n) is 5.89. The maximum atomic E-state index is 9.41. The van der Waals surface area contributed by atoms with Crippen molar-refractivity contribution in [3.63, 3.8) is 0 Å². The summed E-state index contributed by atoms with van der Waals surface area (Å²) >= 11 is 1.59. The molecule has 3 nitrogen and oxygen atoms in total. The zero-order chi connectivity index (χ0) is 12.7. The smallest absolute Gasteiger partial charge is 0.132 e. The lowest BCUT2D eigenvalue weighted by Crippen LogP contribution is -2.34. The van der Waals surface area contributed by atoms with E-state index >= 15 is 0 Å². The summed E-state index contributed by atoms with van der Waals surface area (Å²) in [7, 11) is 1.65. The SMILES string of the molecule is CCCC(N)C(CO)Sc1ccccc1OC. The molecule has 2 atom stereocenters. The lowest BCUT2D eigenvalue weighted by atomic mass is 10.1. The van der Waals surface area contributed by atoms with Gasteiger partial charge in [0.2, 0.25) is 0 Å². The molecule has 17 heavy (non-hydrogen) atoms. The van der Waals surface area contributed by atoms with Crippen LogP contribution in [0.4, 0.5) is 0 Å². The molecular formula is C13H21NO2S. The highest BCUT2D eigenvalue weighted by Gasteiger charge is 2.19. The first-order valence-corrected chi connectivity index (χ1v) is 6.77. The van der Waals surface area contributed by atoms with E-state index in [9.17, 15) is 5.11 Å². The van der Waals surface area contributed by atoms with E-state index in [-0.39, 0.29) is 17.9 Å². The van der Waals surface area contributed by atoms with E-state index in [1.807, 2.05) is 24.3 Å². The van der Waals surface area contributed by atoms with Gasteiger partial charge in [-0.3, -0.25) is 0 Å². The Morgan fingerprint density at radius 1 is 1.41 bits per heavy atom. The van der Waals surface area contributed by atoms with Gasteiger partial charge >= 0.3 is 0 Å². The minimum absolute atomic E-state index is 0.0138. The molecule has 0 saturated carbocycles. The van der Waals surface area contributed by atoms with Gasteiger partial charge in [-0.2, -0.15) is 0 Å². The first-order chi connectivity index (χ1) is 8.22. The van der Waals surface area contributed by atoms with Crippen molar-refractivity contribution in [2.45, 2.75) is 36.0 Å². The number of rotatable bonds is 7. The first kappa shape index (κ1) is 14.4. The predicted octanol–water partition coefficient (Wildman–Crippen LogP) is 2.28.